The van der Waals surface area contributed by atoms with Gasteiger partial charge in [0, 0.05) is 16.3 Å². The fourth-order valence-corrected chi connectivity index (χ4v) is 3.89. The van der Waals surface area contributed by atoms with Gasteiger partial charge in [-0.2, -0.15) is 0 Å². The van der Waals surface area contributed by atoms with Crippen LogP contribution < -0.4 is 5.32 Å². The normalized spacial score (nSPS) is 11.0. The zero-order chi connectivity index (χ0) is 23.7. The smallest absolute Gasteiger partial charge is 0.344 e. The second-order valence-corrected chi connectivity index (χ2v) is 7.90. The monoisotopic (exact) mass is 470 g/mol. The minimum atomic E-state index is -0.599. The van der Waals surface area contributed by atoms with Gasteiger partial charge in [-0.3, -0.25) is 9.36 Å². The van der Waals surface area contributed by atoms with Crippen LogP contribution in [0.2, 0.25) is 5.02 Å². The molecule has 5 aromatic rings. The van der Waals surface area contributed by atoms with Gasteiger partial charge in [0.15, 0.2) is 5.65 Å². The summed E-state index contributed by atoms with van der Waals surface area (Å²) in [6, 6.07) is 23.2. The second-order valence-electron chi connectivity index (χ2n) is 7.46. The number of carbonyl (C=O) groups is 2. The minimum absolute atomic E-state index is 0.140. The first-order valence-electron chi connectivity index (χ1n) is 10.7. The molecule has 34 heavy (non-hydrogen) atoms. The number of anilines is 1. The van der Waals surface area contributed by atoms with Gasteiger partial charge in [0.05, 0.1) is 17.6 Å². The second kappa shape index (κ2) is 8.96. The summed E-state index contributed by atoms with van der Waals surface area (Å²) in [6.45, 7) is 1.89. The Morgan fingerprint density at radius 1 is 0.912 bits per heavy atom. The maximum absolute atomic E-state index is 13.2. The lowest BCUT2D eigenvalue weighted by Crippen LogP contribution is -2.18. The molecule has 0 saturated heterocycles. The third-order valence-electron chi connectivity index (χ3n) is 5.29. The van der Waals surface area contributed by atoms with Crippen LogP contribution in [0.5, 0.6) is 0 Å². The van der Waals surface area contributed by atoms with E-state index in [1.807, 2.05) is 54.6 Å². The Hall–Kier alpha value is -4.23. The molecule has 0 radical (unpaired) electrons. The molecule has 1 amide bonds. The predicted molar refractivity (Wildman–Crippen MR) is 132 cm³/mol. The fourth-order valence-electron chi connectivity index (χ4n) is 3.77. The number of nitrogens with zero attached hydrogens (tertiary/aromatic N) is 3. The number of ether oxygens (including phenoxy) is 1. The quantitative estimate of drug-likeness (QED) is 0.335. The lowest BCUT2D eigenvalue weighted by Gasteiger charge is -2.13. The molecular weight excluding hydrogens is 452 g/mol. The molecule has 0 unspecified atom stereocenters. The third-order valence-corrected chi connectivity index (χ3v) is 5.55. The van der Waals surface area contributed by atoms with E-state index in [1.165, 1.54) is 0 Å². The van der Waals surface area contributed by atoms with E-state index in [0.717, 1.165) is 0 Å². The molecule has 0 atom stereocenters. The van der Waals surface area contributed by atoms with Crippen LogP contribution in [0.4, 0.5) is 5.82 Å². The number of benzene rings is 3. The van der Waals surface area contributed by atoms with Crippen molar-refractivity contribution in [2.45, 2.75) is 6.92 Å². The summed E-state index contributed by atoms with van der Waals surface area (Å²) in [5.74, 6) is -0.778. The van der Waals surface area contributed by atoms with Crippen molar-refractivity contribution in [2.75, 3.05) is 11.9 Å². The van der Waals surface area contributed by atoms with Crippen molar-refractivity contribution in [3.05, 3.63) is 95.0 Å². The van der Waals surface area contributed by atoms with Gasteiger partial charge < -0.3 is 10.1 Å². The molecule has 0 spiro atoms. The molecule has 168 valence electrons. The number of aromatic nitrogens is 3. The Morgan fingerprint density at radius 2 is 1.56 bits per heavy atom. The molecule has 0 aliphatic rings. The minimum Gasteiger partial charge on any atom is -0.462 e. The van der Waals surface area contributed by atoms with Crippen molar-refractivity contribution < 1.29 is 14.3 Å². The van der Waals surface area contributed by atoms with E-state index in [1.54, 1.807) is 35.8 Å². The molecule has 0 fully saturated rings. The van der Waals surface area contributed by atoms with Crippen LogP contribution in [-0.4, -0.2) is 33.0 Å². The number of carbonyl (C=O) groups excluding carboxylic acids is 2. The number of nitrogens with one attached hydrogen (secondary N) is 1. The summed E-state index contributed by atoms with van der Waals surface area (Å²) >= 11 is 5.97. The van der Waals surface area contributed by atoms with Gasteiger partial charge in [-0.1, -0.05) is 41.9 Å². The first-order valence-corrected chi connectivity index (χ1v) is 11.0. The number of para-hydroxylation sites is 3. The molecule has 0 aliphatic heterocycles. The van der Waals surface area contributed by atoms with E-state index in [-0.39, 0.29) is 18.0 Å². The van der Waals surface area contributed by atoms with E-state index >= 15 is 0 Å². The first kappa shape index (κ1) is 21.6. The number of hydrogen-bond acceptors (Lipinski definition) is 5. The highest BCUT2D eigenvalue weighted by molar-refractivity contribution is 6.30. The molecule has 0 aliphatic carbocycles. The molecule has 1 N–H and O–H groups in total. The summed E-state index contributed by atoms with van der Waals surface area (Å²) in [5.41, 5.74) is 3.29. The number of fused-ring (bicyclic) bond motifs is 2. The molecule has 2 heterocycles. The van der Waals surface area contributed by atoms with Crippen molar-refractivity contribution >= 4 is 51.5 Å². The standard InChI is InChI=1S/C26H19ClN4O3/c1-2-34-26(33)21-22-24(29-20-11-7-6-10-19(20)28-22)31(18-8-4-3-5-9-18)23(21)30-25(32)16-12-14-17(27)15-13-16/h3-15H,2H2,1H3,(H,30,32). The van der Waals surface area contributed by atoms with Crippen LogP contribution in [0.25, 0.3) is 27.9 Å². The van der Waals surface area contributed by atoms with Gasteiger partial charge in [-0.05, 0) is 55.5 Å². The molecule has 2 aromatic heterocycles. The average Bonchev–Trinajstić information content (AvgIpc) is 3.16. The molecular formula is C26H19ClN4O3. The van der Waals surface area contributed by atoms with Crippen molar-refractivity contribution in [3.63, 3.8) is 0 Å². The lowest BCUT2D eigenvalue weighted by atomic mass is 10.2. The zero-order valence-electron chi connectivity index (χ0n) is 18.2. The Labute approximate surface area is 200 Å². The van der Waals surface area contributed by atoms with Crippen LogP contribution >= 0.6 is 11.6 Å². The van der Waals surface area contributed by atoms with E-state index < -0.39 is 11.9 Å². The first-order chi connectivity index (χ1) is 16.6. The van der Waals surface area contributed by atoms with Crippen LogP contribution in [0, 0.1) is 0 Å². The van der Waals surface area contributed by atoms with E-state index in [4.69, 9.17) is 26.3 Å². The Morgan fingerprint density at radius 3 is 2.24 bits per heavy atom. The van der Waals surface area contributed by atoms with Crippen molar-refractivity contribution in [1.29, 1.82) is 0 Å². The fraction of sp³-hybridized carbons (Fsp3) is 0.0769. The summed E-state index contributed by atoms with van der Waals surface area (Å²) in [7, 11) is 0. The van der Waals surface area contributed by atoms with Crippen molar-refractivity contribution in [1.82, 2.24) is 14.5 Å². The highest BCUT2D eigenvalue weighted by atomic mass is 35.5. The largest absolute Gasteiger partial charge is 0.462 e. The van der Waals surface area contributed by atoms with Gasteiger partial charge in [0.1, 0.15) is 16.9 Å². The van der Waals surface area contributed by atoms with Gasteiger partial charge in [0.25, 0.3) is 5.91 Å². The van der Waals surface area contributed by atoms with Crippen LogP contribution in [-0.2, 0) is 4.74 Å². The summed E-state index contributed by atoms with van der Waals surface area (Å²) in [5, 5.41) is 3.41. The summed E-state index contributed by atoms with van der Waals surface area (Å²) in [4.78, 5) is 35.9. The van der Waals surface area contributed by atoms with Crippen LogP contribution in [0.1, 0.15) is 27.6 Å². The van der Waals surface area contributed by atoms with Gasteiger partial charge in [-0.15, -0.1) is 0 Å². The van der Waals surface area contributed by atoms with E-state index in [9.17, 15) is 9.59 Å². The number of rotatable bonds is 5. The van der Waals surface area contributed by atoms with Crippen molar-refractivity contribution in [2.24, 2.45) is 0 Å². The molecule has 0 saturated carbocycles. The van der Waals surface area contributed by atoms with E-state index in [0.29, 0.717) is 38.5 Å². The number of halogens is 1. The van der Waals surface area contributed by atoms with Crippen LogP contribution in [0.3, 0.4) is 0 Å². The van der Waals surface area contributed by atoms with E-state index in [2.05, 4.69) is 5.32 Å². The number of esters is 1. The Bertz CT molecular complexity index is 1530. The molecule has 8 heteroatoms. The molecule has 7 nitrogen and oxygen atoms in total. The molecule has 5 rings (SSSR count). The third kappa shape index (κ3) is 3.86. The summed E-state index contributed by atoms with van der Waals surface area (Å²) < 4.78 is 7.07. The maximum Gasteiger partial charge on any atom is 0.344 e. The van der Waals surface area contributed by atoms with Gasteiger partial charge in [0.2, 0.25) is 0 Å². The SMILES string of the molecule is CCOC(=O)c1c(NC(=O)c2ccc(Cl)cc2)n(-c2ccccc2)c2nc3ccccc3nc12. The van der Waals surface area contributed by atoms with Crippen LogP contribution in [0.15, 0.2) is 78.9 Å². The van der Waals surface area contributed by atoms with Crippen molar-refractivity contribution in [3.8, 4) is 5.69 Å². The lowest BCUT2D eigenvalue weighted by molar-refractivity contribution is 0.0529. The zero-order valence-corrected chi connectivity index (χ0v) is 18.9. The number of amides is 1. The highest BCUT2D eigenvalue weighted by Gasteiger charge is 2.28. The Kier molecular flexibility index (Phi) is 5.69. The predicted octanol–water partition coefficient (Wildman–Crippen LogP) is 5.66. The summed E-state index contributed by atoms with van der Waals surface area (Å²) in [6.07, 6.45) is 0. The molecule has 0 bridgehead atoms. The molecule has 3 aromatic carbocycles. The van der Waals surface area contributed by atoms with Gasteiger partial charge >= 0.3 is 5.97 Å². The Balaban J connectivity index is 1.80. The number of hydrogen-bond donors (Lipinski definition) is 1. The van der Waals surface area contributed by atoms with Gasteiger partial charge in [-0.25, -0.2) is 14.8 Å². The topological polar surface area (TPSA) is 86.1 Å². The maximum atomic E-state index is 13.2. The highest BCUT2D eigenvalue weighted by Crippen LogP contribution is 2.34. The average molecular weight is 471 g/mol.